The number of hydrogen-bond acceptors (Lipinski definition) is 2. The van der Waals surface area contributed by atoms with E-state index in [0.29, 0.717) is 6.42 Å². The zero-order chi connectivity index (χ0) is 18.0. The zero-order valence-corrected chi connectivity index (χ0v) is 15.5. The Balaban J connectivity index is 1.91. The molecule has 0 radical (unpaired) electrons. The van der Waals surface area contributed by atoms with E-state index in [1.165, 1.54) is 5.56 Å². The summed E-state index contributed by atoms with van der Waals surface area (Å²) in [6, 6.07) is 30.1. The summed E-state index contributed by atoms with van der Waals surface area (Å²) in [6.07, 6.45) is 2.53. The molecule has 0 unspecified atom stereocenters. The van der Waals surface area contributed by atoms with Crippen molar-refractivity contribution < 1.29 is 4.57 Å². The summed E-state index contributed by atoms with van der Waals surface area (Å²) in [7, 11) is -2.94. The summed E-state index contributed by atoms with van der Waals surface area (Å²) in [5, 5.41) is 4.85. The first-order valence-corrected chi connectivity index (χ1v) is 10.6. The Hall–Kier alpha value is -2.41. The van der Waals surface area contributed by atoms with E-state index in [1.54, 1.807) is 0 Å². The van der Waals surface area contributed by atoms with Crippen molar-refractivity contribution in [2.75, 3.05) is 0 Å². The summed E-state index contributed by atoms with van der Waals surface area (Å²) < 4.78 is 14.8. The molecule has 1 heterocycles. The van der Waals surface area contributed by atoms with Gasteiger partial charge in [0.2, 0.25) is 0 Å². The lowest BCUT2D eigenvalue weighted by Crippen LogP contribution is -2.30. The first-order valence-electron chi connectivity index (χ1n) is 8.87. The maximum absolute atomic E-state index is 14.8. The van der Waals surface area contributed by atoms with Gasteiger partial charge in [0, 0.05) is 10.6 Å². The van der Waals surface area contributed by atoms with Crippen molar-refractivity contribution in [3.8, 4) is 0 Å². The summed E-state index contributed by atoms with van der Waals surface area (Å²) in [5.41, 5.74) is 1.17. The lowest BCUT2D eigenvalue weighted by molar-refractivity contribution is 0.571. The van der Waals surface area contributed by atoms with Crippen molar-refractivity contribution in [1.29, 1.82) is 0 Å². The van der Waals surface area contributed by atoms with Gasteiger partial charge >= 0.3 is 0 Å². The van der Waals surface area contributed by atoms with E-state index in [2.05, 4.69) is 24.0 Å². The molecule has 1 aliphatic rings. The van der Waals surface area contributed by atoms with Crippen LogP contribution < -0.4 is 15.9 Å². The fraction of sp³-hybridized carbons (Fsp3) is 0.130. The third-order valence-electron chi connectivity index (χ3n) is 5.18. The van der Waals surface area contributed by atoms with E-state index < -0.39 is 12.4 Å². The van der Waals surface area contributed by atoms with Gasteiger partial charge in [-0.1, -0.05) is 97.1 Å². The van der Waals surface area contributed by atoms with Crippen LogP contribution in [0.2, 0.25) is 0 Å². The fourth-order valence-corrected chi connectivity index (χ4v) is 7.51. The van der Waals surface area contributed by atoms with Gasteiger partial charge in [-0.3, -0.25) is 5.32 Å². The molecular weight excluding hydrogens is 337 g/mol. The van der Waals surface area contributed by atoms with Crippen LogP contribution in [0.4, 0.5) is 0 Å². The minimum atomic E-state index is -2.94. The average molecular weight is 359 g/mol. The lowest BCUT2D eigenvalue weighted by Gasteiger charge is -2.28. The van der Waals surface area contributed by atoms with Crippen LogP contribution in [0.3, 0.4) is 0 Å². The molecule has 4 rings (SSSR count). The second-order valence-electron chi connectivity index (χ2n) is 6.69. The molecule has 3 heteroatoms. The Morgan fingerprint density at radius 2 is 1.31 bits per heavy atom. The molecule has 3 aromatic rings. The molecule has 0 bridgehead atoms. The Morgan fingerprint density at radius 1 is 0.846 bits per heavy atom. The van der Waals surface area contributed by atoms with Crippen molar-refractivity contribution >= 4 is 17.8 Å². The Kier molecular flexibility index (Phi) is 4.40. The maximum atomic E-state index is 14.8. The van der Waals surface area contributed by atoms with Gasteiger partial charge in [-0.15, -0.1) is 6.58 Å². The van der Waals surface area contributed by atoms with Gasteiger partial charge in [0.05, 0.1) is 6.04 Å². The van der Waals surface area contributed by atoms with Gasteiger partial charge in [0.1, 0.15) is 5.28 Å². The standard InChI is InChI=1S/C23H22NOP/c1-2-18-23(22(24-23)19-12-6-3-7-13-19)26(25,20-14-8-4-9-15-20)21-16-10-5-11-17-21/h2-17,22,24H,1,18H2/t22-,23+/m1/s1. The molecule has 1 saturated heterocycles. The van der Waals surface area contributed by atoms with Crippen LogP contribution in [0.1, 0.15) is 18.0 Å². The van der Waals surface area contributed by atoms with Crippen LogP contribution in [-0.4, -0.2) is 5.28 Å². The van der Waals surface area contributed by atoms with E-state index in [4.69, 9.17) is 0 Å². The van der Waals surface area contributed by atoms with Crippen molar-refractivity contribution in [1.82, 2.24) is 5.32 Å². The van der Waals surface area contributed by atoms with E-state index in [9.17, 15) is 4.57 Å². The minimum Gasteiger partial charge on any atom is -0.312 e. The third kappa shape index (κ3) is 2.58. The van der Waals surface area contributed by atoms with Crippen LogP contribution in [0.5, 0.6) is 0 Å². The smallest absolute Gasteiger partial charge is 0.164 e. The predicted molar refractivity (Wildman–Crippen MR) is 110 cm³/mol. The van der Waals surface area contributed by atoms with Gasteiger partial charge in [-0.25, -0.2) is 0 Å². The Morgan fingerprint density at radius 3 is 1.77 bits per heavy atom. The topological polar surface area (TPSA) is 39.0 Å². The largest absolute Gasteiger partial charge is 0.312 e. The number of rotatable bonds is 6. The van der Waals surface area contributed by atoms with Crippen LogP contribution in [0.25, 0.3) is 0 Å². The quantitative estimate of drug-likeness (QED) is 0.396. The molecule has 130 valence electrons. The second-order valence-corrected chi connectivity index (χ2v) is 9.73. The van der Waals surface area contributed by atoms with Crippen molar-refractivity contribution in [2.45, 2.75) is 17.7 Å². The predicted octanol–water partition coefficient (Wildman–Crippen LogP) is 4.62. The highest BCUT2D eigenvalue weighted by atomic mass is 31.2. The molecule has 1 aliphatic heterocycles. The first-order chi connectivity index (χ1) is 12.7. The molecule has 0 aromatic heterocycles. The van der Waals surface area contributed by atoms with Gasteiger partial charge in [-0.05, 0) is 12.0 Å². The summed E-state index contributed by atoms with van der Waals surface area (Å²) in [6.45, 7) is 3.95. The molecule has 0 aliphatic carbocycles. The highest BCUT2D eigenvalue weighted by Gasteiger charge is 2.65. The molecule has 2 nitrogen and oxygen atoms in total. The minimum absolute atomic E-state index is 0.0490. The molecule has 0 amide bonds. The van der Waals surface area contributed by atoms with Crippen LogP contribution >= 0.6 is 7.14 Å². The fourth-order valence-electron chi connectivity index (χ4n) is 3.90. The molecule has 1 fully saturated rings. The number of hydrogen-bond donors (Lipinski definition) is 1. The summed E-state index contributed by atoms with van der Waals surface area (Å²) >= 11 is 0. The molecule has 3 aromatic carbocycles. The third-order valence-corrected chi connectivity index (χ3v) is 8.92. The Bertz CT molecular complexity index is 896. The zero-order valence-electron chi connectivity index (χ0n) is 14.6. The number of benzene rings is 3. The van der Waals surface area contributed by atoms with Crippen LogP contribution in [-0.2, 0) is 4.57 Å². The van der Waals surface area contributed by atoms with Gasteiger partial charge in [-0.2, -0.15) is 0 Å². The van der Waals surface area contributed by atoms with Gasteiger partial charge < -0.3 is 4.57 Å². The molecular formula is C23H22NOP. The van der Waals surface area contributed by atoms with Crippen molar-refractivity contribution in [3.63, 3.8) is 0 Å². The van der Waals surface area contributed by atoms with Crippen molar-refractivity contribution in [2.24, 2.45) is 0 Å². The molecule has 2 atom stereocenters. The van der Waals surface area contributed by atoms with E-state index in [1.807, 2.05) is 84.9 Å². The number of nitrogens with one attached hydrogen (secondary N) is 1. The average Bonchev–Trinajstić information content (AvgIpc) is 3.45. The summed E-state index contributed by atoms with van der Waals surface area (Å²) in [5.74, 6) is 0. The lowest BCUT2D eigenvalue weighted by atomic mass is 10.1. The summed E-state index contributed by atoms with van der Waals surface area (Å²) in [4.78, 5) is 0. The molecule has 0 saturated carbocycles. The normalized spacial score (nSPS) is 21.9. The SMILES string of the molecule is C=CC[C@@]1(P(=O)(c2ccccc2)c2ccccc2)N[C@@H]1c1ccccc1. The highest BCUT2D eigenvalue weighted by Crippen LogP contribution is 2.69. The van der Waals surface area contributed by atoms with Gasteiger partial charge in [0.25, 0.3) is 0 Å². The van der Waals surface area contributed by atoms with Crippen molar-refractivity contribution in [3.05, 3.63) is 109 Å². The van der Waals surface area contributed by atoms with Crippen LogP contribution in [0.15, 0.2) is 104 Å². The van der Waals surface area contributed by atoms with E-state index in [-0.39, 0.29) is 6.04 Å². The maximum Gasteiger partial charge on any atom is 0.164 e. The van der Waals surface area contributed by atoms with E-state index in [0.717, 1.165) is 10.6 Å². The molecule has 0 spiro atoms. The monoisotopic (exact) mass is 359 g/mol. The van der Waals surface area contributed by atoms with Gasteiger partial charge in [0.15, 0.2) is 7.14 Å². The van der Waals surface area contributed by atoms with Crippen LogP contribution in [0, 0.1) is 0 Å². The van der Waals surface area contributed by atoms with E-state index >= 15 is 0 Å². The Labute approximate surface area is 155 Å². The molecule has 1 N–H and O–H groups in total. The molecule has 26 heavy (non-hydrogen) atoms. The first kappa shape index (κ1) is 17.0. The highest BCUT2D eigenvalue weighted by molar-refractivity contribution is 7.80. The second kappa shape index (κ2) is 6.72.